The van der Waals surface area contributed by atoms with Crippen LogP contribution in [0.1, 0.15) is 27.9 Å². The lowest BCUT2D eigenvalue weighted by Crippen LogP contribution is -2.11. The van der Waals surface area contributed by atoms with Crippen LogP contribution >= 0.6 is 0 Å². The Kier molecular flexibility index (Phi) is 5.44. The minimum absolute atomic E-state index is 0.0482. The van der Waals surface area contributed by atoms with Gasteiger partial charge in [-0.25, -0.2) is 0 Å². The zero-order valence-electron chi connectivity index (χ0n) is 11.7. The molecule has 0 unspecified atom stereocenters. The molecule has 3 nitrogen and oxygen atoms in total. The van der Waals surface area contributed by atoms with Crippen molar-refractivity contribution in [3.63, 3.8) is 0 Å². The summed E-state index contributed by atoms with van der Waals surface area (Å²) in [7, 11) is 0. The second kappa shape index (κ2) is 7.56. The van der Waals surface area contributed by atoms with Crippen LogP contribution in [-0.4, -0.2) is 24.0 Å². The average Bonchev–Trinajstić information content (AvgIpc) is 2.48. The van der Waals surface area contributed by atoms with E-state index >= 15 is 0 Å². The lowest BCUT2D eigenvalue weighted by molar-refractivity contribution is 0.0755. The molecule has 0 radical (unpaired) electrons. The third-order valence-electron chi connectivity index (χ3n) is 3.18. The number of aromatic nitrogens is 1. The van der Waals surface area contributed by atoms with E-state index in [1.54, 1.807) is 12.4 Å². The van der Waals surface area contributed by atoms with Crippen molar-refractivity contribution < 1.29 is 9.53 Å². The summed E-state index contributed by atoms with van der Waals surface area (Å²) in [5.74, 6) is 0.0482. The van der Waals surface area contributed by atoms with Gasteiger partial charge >= 0.3 is 0 Å². The van der Waals surface area contributed by atoms with E-state index in [2.05, 4.69) is 4.98 Å². The highest BCUT2D eigenvalue weighted by Crippen LogP contribution is 2.08. The third-order valence-corrected chi connectivity index (χ3v) is 3.18. The Labute approximate surface area is 119 Å². The van der Waals surface area contributed by atoms with Crippen LogP contribution in [0.3, 0.4) is 0 Å². The van der Waals surface area contributed by atoms with E-state index in [9.17, 15) is 4.79 Å². The fourth-order valence-electron chi connectivity index (χ4n) is 2.06. The predicted molar refractivity (Wildman–Crippen MR) is 78.9 cm³/mol. The molecule has 0 spiro atoms. The molecule has 20 heavy (non-hydrogen) atoms. The average molecular weight is 269 g/mol. The maximum absolute atomic E-state index is 12.0. The van der Waals surface area contributed by atoms with E-state index in [4.69, 9.17) is 4.74 Å². The molecule has 1 aromatic heterocycles. The smallest absolute Gasteiger partial charge is 0.188 e. The van der Waals surface area contributed by atoms with Crippen molar-refractivity contribution in [2.24, 2.45) is 0 Å². The summed E-state index contributed by atoms with van der Waals surface area (Å²) in [5.41, 5.74) is 2.99. The van der Waals surface area contributed by atoms with Gasteiger partial charge in [-0.05, 0) is 43.0 Å². The molecule has 1 heterocycles. The summed E-state index contributed by atoms with van der Waals surface area (Å²) < 4.78 is 5.46. The first-order chi connectivity index (χ1) is 9.77. The van der Waals surface area contributed by atoms with E-state index < -0.39 is 0 Å². The number of carbonyl (C=O) groups is 1. The van der Waals surface area contributed by atoms with Gasteiger partial charge in [0.1, 0.15) is 6.61 Å². The monoisotopic (exact) mass is 269 g/mol. The van der Waals surface area contributed by atoms with Crippen LogP contribution in [-0.2, 0) is 11.2 Å². The number of hydrogen-bond acceptors (Lipinski definition) is 3. The second-order valence-electron chi connectivity index (χ2n) is 4.75. The minimum atomic E-state index is 0.0482. The predicted octanol–water partition coefficient (Wildman–Crippen LogP) is 3.22. The fourth-order valence-corrected chi connectivity index (χ4v) is 2.06. The highest BCUT2D eigenvalue weighted by Gasteiger charge is 2.07. The van der Waals surface area contributed by atoms with Crippen LogP contribution in [0, 0.1) is 6.92 Å². The van der Waals surface area contributed by atoms with Crippen LogP contribution in [0.25, 0.3) is 0 Å². The Balaban J connectivity index is 1.69. The molecule has 2 aromatic rings. The molecule has 0 atom stereocenters. The van der Waals surface area contributed by atoms with Gasteiger partial charge in [0, 0.05) is 24.6 Å². The third kappa shape index (κ3) is 4.28. The van der Waals surface area contributed by atoms with Gasteiger partial charge in [-0.3, -0.25) is 9.78 Å². The van der Waals surface area contributed by atoms with E-state index in [0.717, 1.165) is 24.0 Å². The maximum atomic E-state index is 12.0. The van der Waals surface area contributed by atoms with Gasteiger partial charge in [-0.2, -0.15) is 0 Å². The summed E-state index contributed by atoms with van der Waals surface area (Å²) in [6.07, 6.45) is 5.43. The summed E-state index contributed by atoms with van der Waals surface area (Å²) in [6.45, 7) is 2.69. The van der Waals surface area contributed by atoms with Crippen LogP contribution < -0.4 is 0 Å². The van der Waals surface area contributed by atoms with Crippen LogP contribution in [0.2, 0.25) is 0 Å². The quantitative estimate of drug-likeness (QED) is 0.572. The van der Waals surface area contributed by atoms with Gasteiger partial charge in [0.15, 0.2) is 5.78 Å². The molecule has 0 bridgehead atoms. The molecule has 0 fully saturated rings. The summed E-state index contributed by atoms with van der Waals surface area (Å²) in [6, 6.07) is 11.6. The minimum Gasteiger partial charge on any atom is -0.373 e. The summed E-state index contributed by atoms with van der Waals surface area (Å²) >= 11 is 0. The van der Waals surface area contributed by atoms with Gasteiger partial charge in [-0.15, -0.1) is 0 Å². The maximum Gasteiger partial charge on any atom is 0.188 e. The Morgan fingerprint density at radius 3 is 2.65 bits per heavy atom. The molecule has 0 saturated heterocycles. The molecule has 104 valence electrons. The lowest BCUT2D eigenvalue weighted by atomic mass is 10.1. The molecular weight excluding hydrogens is 250 g/mol. The topological polar surface area (TPSA) is 39.2 Å². The Bertz CT molecular complexity index is 552. The van der Waals surface area contributed by atoms with Gasteiger partial charge < -0.3 is 4.74 Å². The number of pyridine rings is 1. The molecule has 3 heteroatoms. The number of benzene rings is 1. The molecular formula is C17H19NO2. The summed E-state index contributed by atoms with van der Waals surface area (Å²) in [5, 5.41) is 0. The molecule has 0 aliphatic rings. The number of hydrogen-bond donors (Lipinski definition) is 0. The van der Waals surface area contributed by atoms with E-state index in [1.807, 2.05) is 43.3 Å². The number of nitrogens with zero attached hydrogens (tertiary/aromatic N) is 1. The fraction of sp³-hybridized carbons (Fsp3) is 0.294. The van der Waals surface area contributed by atoms with Gasteiger partial charge in [-0.1, -0.05) is 24.3 Å². The van der Waals surface area contributed by atoms with Gasteiger partial charge in [0.25, 0.3) is 0 Å². The zero-order chi connectivity index (χ0) is 14.2. The number of carbonyl (C=O) groups excluding carboxylic acids is 1. The van der Waals surface area contributed by atoms with Crippen LogP contribution in [0.15, 0.2) is 48.8 Å². The summed E-state index contributed by atoms with van der Waals surface area (Å²) in [4.78, 5) is 15.9. The molecule has 0 N–H and O–H groups in total. The number of rotatable bonds is 7. The number of Topliss-reactive ketones (excluding diaryl/α,β-unsaturated/α-hetero) is 1. The Morgan fingerprint density at radius 1 is 1.15 bits per heavy atom. The number of ether oxygens (including phenoxy) is 1. The Hall–Kier alpha value is -2.00. The van der Waals surface area contributed by atoms with Crippen LogP contribution in [0.4, 0.5) is 0 Å². The Morgan fingerprint density at radius 2 is 1.90 bits per heavy atom. The number of ketones is 1. The van der Waals surface area contributed by atoms with Crippen molar-refractivity contribution in [1.82, 2.24) is 4.98 Å². The van der Waals surface area contributed by atoms with Crippen molar-refractivity contribution in [1.29, 1.82) is 0 Å². The number of aryl methyl sites for hydroxylation is 2. The lowest BCUT2D eigenvalue weighted by Gasteiger charge is -2.06. The largest absolute Gasteiger partial charge is 0.373 e. The van der Waals surface area contributed by atoms with Crippen molar-refractivity contribution >= 4 is 5.78 Å². The van der Waals surface area contributed by atoms with Gasteiger partial charge in [0.05, 0.1) is 0 Å². The second-order valence-corrected chi connectivity index (χ2v) is 4.75. The van der Waals surface area contributed by atoms with Crippen molar-refractivity contribution in [2.75, 3.05) is 13.2 Å². The van der Waals surface area contributed by atoms with Crippen molar-refractivity contribution in [3.8, 4) is 0 Å². The molecule has 2 rings (SSSR count). The first-order valence-corrected chi connectivity index (χ1v) is 6.83. The van der Waals surface area contributed by atoms with E-state index in [-0.39, 0.29) is 12.4 Å². The highest BCUT2D eigenvalue weighted by atomic mass is 16.5. The molecule has 0 aliphatic carbocycles. The van der Waals surface area contributed by atoms with Crippen LogP contribution in [0.5, 0.6) is 0 Å². The van der Waals surface area contributed by atoms with E-state index in [1.165, 1.54) is 5.56 Å². The van der Waals surface area contributed by atoms with Crippen molar-refractivity contribution in [2.45, 2.75) is 19.8 Å². The standard InChI is InChI=1S/C17H19NO2/c1-14-5-2-3-7-16(14)17(19)13-20-12-4-6-15-8-10-18-11-9-15/h2-3,5,7-11H,4,6,12-13H2,1H3. The molecule has 1 aromatic carbocycles. The molecule has 0 aliphatic heterocycles. The molecule has 0 saturated carbocycles. The van der Waals surface area contributed by atoms with Crippen molar-refractivity contribution in [3.05, 3.63) is 65.5 Å². The zero-order valence-corrected chi connectivity index (χ0v) is 11.7. The first kappa shape index (κ1) is 14.4. The highest BCUT2D eigenvalue weighted by molar-refractivity contribution is 5.98. The SMILES string of the molecule is Cc1ccccc1C(=O)COCCCc1ccncc1. The normalized spacial score (nSPS) is 10.4. The first-order valence-electron chi connectivity index (χ1n) is 6.83. The van der Waals surface area contributed by atoms with Gasteiger partial charge in [0.2, 0.25) is 0 Å². The van der Waals surface area contributed by atoms with E-state index in [0.29, 0.717) is 6.61 Å². The molecule has 0 amide bonds.